The maximum atomic E-state index is 11.0. The minimum Gasteiger partial charge on any atom is -0.392 e. The summed E-state index contributed by atoms with van der Waals surface area (Å²) in [5, 5.41) is 11.0. The van der Waals surface area contributed by atoms with Crippen molar-refractivity contribution in [1.82, 2.24) is 0 Å². The predicted molar refractivity (Wildman–Crippen MR) is 76.0 cm³/mol. The quantitative estimate of drug-likeness (QED) is 0.802. The van der Waals surface area contributed by atoms with Gasteiger partial charge in [-0.05, 0) is 36.5 Å². The summed E-state index contributed by atoms with van der Waals surface area (Å²) >= 11 is 0. The maximum Gasteiger partial charge on any atom is 0.174 e. The molecule has 1 saturated heterocycles. The monoisotopic (exact) mass is 280 g/mol. The van der Waals surface area contributed by atoms with Crippen LogP contribution in [0.1, 0.15) is 47.0 Å². The Morgan fingerprint density at radius 3 is 2.40 bits per heavy atom. The van der Waals surface area contributed by atoms with E-state index in [4.69, 9.17) is 9.47 Å². The molecule has 114 valence electrons. The van der Waals surface area contributed by atoms with Gasteiger partial charge in [-0.3, -0.25) is 0 Å². The molecule has 0 aromatic heterocycles. The molecule has 1 aliphatic heterocycles. The summed E-state index contributed by atoms with van der Waals surface area (Å²) in [5.41, 5.74) is 0.0704. The average molecular weight is 280 g/mol. The SMILES string of the molecule is CC(C)[C@@H]1C[C@@H]2[C@@]3(C)CC4(OCCO4)[C@]2(C)C[C@@H]1[C@H]3O. The fourth-order valence-corrected chi connectivity index (χ4v) is 6.53. The van der Waals surface area contributed by atoms with E-state index in [1.165, 1.54) is 6.42 Å². The first-order valence-corrected chi connectivity index (χ1v) is 8.30. The highest BCUT2D eigenvalue weighted by Gasteiger charge is 2.76. The van der Waals surface area contributed by atoms with Gasteiger partial charge in [-0.15, -0.1) is 0 Å². The third kappa shape index (κ3) is 1.29. The summed E-state index contributed by atoms with van der Waals surface area (Å²) < 4.78 is 12.3. The van der Waals surface area contributed by atoms with Crippen molar-refractivity contribution in [3.05, 3.63) is 0 Å². The summed E-state index contributed by atoms with van der Waals surface area (Å²) in [5.74, 6) is 1.85. The summed E-state index contributed by atoms with van der Waals surface area (Å²) in [6.07, 6.45) is 3.00. The van der Waals surface area contributed by atoms with Crippen molar-refractivity contribution >= 4 is 0 Å². The normalized spacial score (nSPS) is 56.1. The van der Waals surface area contributed by atoms with Gasteiger partial charge >= 0.3 is 0 Å². The molecular weight excluding hydrogens is 252 g/mol. The van der Waals surface area contributed by atoms with Gasteiger partial charge in [0, 0.05) is 17.3 Å². The predicted octanol–water partition coefficient (Wildman–Crippen LogP) is 2.82. The number of ether oxygens (including phenoxy) is 2. The van der Waals surface area contributed by atoms with Crippen molar-refractivity contribution < 1.29 is 14.6 Å². The molecule has 3 heteroatoms. The molecule has 1 heterocycles. The van der Waals surface area contributed by atoms with E-state index in [2.05, 4.69) is 27.7 Å². The van der Waals surface area contributed by atoms with Gasteiger partial charge in [0.2, 0.25) is 0 Å². The van der Waals surface area contributed by atoms with Crippen molar-refractivity contribution in [1.29, 1.82) is 0 Å². The summed E-state index contributed by atoms with van der Waals surface area (Å²) in [4.78, 5) is 0. The van der Waals surface area contributed by atoms with Crippen molar-refractivity contribution in [2.75, 3.05) is 13.2 Å². The number of fused-ring (bicyclic) bond motifs is 1. The molecule has 5 aliphatic rings. The zero-order valence-corrected chi connectivity index (χ0v) is 13.2. The standard InChI is InChI=1S/C17H28O3/c1-10(2)11-7-13-15(3)9-17(19-5-6-20-17)16(13,4)8-12(11)14(15)18/h10-14,18H,5-9H2,1-4H3/t11-,12-,13+,14+,15+,16+/m0/s1. The molecule has 4 aliphatic carbocycles. The summed E-state index contributed by atoms with van der Waals surface area (Å²) in [6, 6.07) is 0. The molecular formula is C17H28O3. The van der Waals surface area contributed by atoms with Gasteiger partial charge < -0.3 is 14.6 Å². The van der Waals surface area contributed by atoms with Gasteiger partial charge in [0.15, 0.2) is 5.79 Å². The molecule has 3 nitrogen and oxygen atoms in total. The molecule has 4 saturated carbocycles. The number of hydrogen-bond donors (Lipinski definition) is 1. The molecule has 5 rings (SSSR count). The minimum absolute atomic E-state index is 0.0204. The highest BCUT2D eigenvalue weighted by atomic mass is 16.7. The maximum absolute atomic E-state index is 11.0. The topological polar surface area (TPSA) is 38.7 Å². The van der Waals surface area contributed by atoms with Gasteiger partial charge in [-0.25, -0.2) is 0 Å². The fourth-order valence-electron chi connectivity index (χ4n) is 6.53. The molecule has 0 amide bonds. The lowest BCUT2D eigenvalue weighted by Gasteiger charge is -2.60. The van der Waals surface area contributed by atoms with E-state index >= 15 is 0 Å². The zero-order chi connectivity index (χ0) is 14.3. The number of aliphatic hydroxyl groups excluding tert-OH is 1. The number of rotatable bonds is 1. The van der Waals surface area contributed by atoms with E-state index < -0.39 is 5.79 Å². The fraction of sp³-hybridized carbons (Fsp3) is 1.00. The van der Waals surface area contributed by atoms with Gasteiger partial charge in [-0.2, -0.15) is 0 Å². The third-order valence-electron chi connectivity index (χ3n) is 7.46. The summed E-state index contributed by atoms with van der Waals surface area (Å²) in [6.45, 7) is 10.7. The highest BCUT2D eigenvalue weighted by Crippen LogP contribution is 2.75. The first-order valence-electron chi connectivity index (χ1n) is 8.30. The second-order valence-electron chi connectivity index (χ2n) is 8.56. The Morgan fingerprint density at radius 2 is 1.80 bits per heavy atom. The van der Waals surface area contributed by atoms with E-state index in [0.717, 1.165) is 12.8 Å². The Balaban J connectivity index is 1.79. The second-order valence-corrected chi connectivity index (χ2v) is 8.56. The lowest BCUT2D eigenvalue weighted by Crippen LogP contribution is -2.60. The van der Waals surface area contributed by atoms with Crippen LogP contribution in [0, 0.1) is 34.5 Å². The van der Waals surface area contributed by atoms with Crippen molar-refractivity contribution in [2.45, 2.75) is 58.8 Å². The zero-order valence-electron chi connectivity index (χ0n) is 13.2. The van der Waals surface area contributed by atoms with E-state index in [0.29, 0.717) is 36.9 Å². The molecule has 0 aromatic rings. The Labute approximate surface area is 122 Å². The molecule has 1 N–H and O–H groups in total. The van der Waals surface area contributed by atoms with E-state index in [9.17, 15) is 5.11 Å². The van der Waals surface area contributed by atoms with E-state index in [1.807, 2.05) is 0 Å². The Morgan fingerprint density at radius 1 is 1.15 bits per heavy atom. The first kappa shape index (κ1) is 13.5. The molecule has 4 bridgehead atoms. The van der Waals surface area contributed by atoms with Crippen LogP contribution in [0.15, 0.2) is 0 Å². The van der Waals surface area contributed by atoms with Crippen LogP contribution in [0.2, 0.25) is 0 Å². The summed E-state index contributed by atoms with van der Waals surface area (Å²) in [7, 11) is 0. The van der Waals surface area contributed by atoms with Gasteiger partial charge in [0.25, 0.3) is 0 Å². The molecule has 0 aromatic carbocycles. The van der Waals surface area contributed by atoms with E-state index in [-0.39, 0.29) is 16.9 Å². The Kier molecular flexibility index (Phi) is 2.57. The Bertz CT molecular complexity index is 428. The highest BCUT2D eigenvalue weighted by molar-refractivity contribution is 5.22. The van der Waals surface area contributed by atoms with Gasteiger partial charge in [0.1, 0.15) is 0 Å². The smallest absolute Gasteiger partial charge is 0.174 e. The molecule has 0 radical (unpaired) electrons. The van der Waals surface area contributed by atoms with Crippen molar-refractivity contribution in [3.8, 4) is 0 Å². The first-order chi connectivity index (χ1) is 9.34. The lowest BCUT2D eigenvalue weighted by atomic mass is 9.46. The van der Waals surface area contributed by atoms with Crippen molar-refractivity contribution in [2.24, 2.45) is 34.5 Å². The molecule has 6 atom stereocenters. The minimum atomic E-state index is -0.413. The number of aliphatic hydroxyl groups is 1. The van der Waals surface area contributed by atoms with Crippen LogP contribution in [0.4, 0.5) is 0 Å². The van der Waals surface area contributed by atoms with Crippen LogP contribution in [-0.2, 0) is 9.47 Å². The van der Waals surface area contributed by atoms with Crippen LogP contribution in [-0.4, -0.2) is 30.2 Å². The van der Waals surface area contributed by atoms with Gasteiger partial charge in [0.05, 0.1) is 19.3 Å². The molecule has 20 heavy (non-hydrogen) atoms. The van der Waals surface area contributed by atoms with E-state index in [1.54, 1.807) is 0 Å². The van der Waals surface area contributed by atoms with Crippen LogP contribution in [0.25, 0.3) is 0 Å². The average Bonchev–Trinajstić information content (AvgIpc) is 2.90. The molecule has 0 unspecified atom stereocenters. The lowest BCUT2D eigenvalue weighted by molar-refractivity contribution is -0.248. The molecule has 1 spiro atoms. The third-order valence-corrected chi connectivity index (χ3v) is 7.46. The second kappa shape index (κ2) is 3.80. The van der Waals surface area contributed by atoms with Crippen molar-refractivity contribution in [3.63, 3.8) is 0 Å². The largest absolute Gasteiger partial charge is 0.392 e. The van der Waals surface area contributed by atoms with Gasteiger partial charge in [-0.1, -0.05) is 27.7 Å². The van der Waals surface area contributed by atoms with Crippen LogP contribution < -0.4 is 0 Å². The number of hydrogen-bond acceptors (Lipinski definition) is 3. The molecule has 5 fully saturated rings. The Hall–Kier alpha value is -0.120. The van der Waals surface area contributed by atoms with Crippen LogP contribution >= 0.6 is 0 Å². The van der Waals surface area contributed by atoms with Crippen LogP contribution in [0.3, 0.4) is 0 Å². The van der Waals surface area contributed by atoms with Crippen LogP contribution in [0.5, 0.6) is 0 Å².